The molecule has 0 unspecified atom stereocenters. The van der Waals surface area contributed by atoms with Gasteiger partial charge >= 0.3 is 0 Å². The lowest BCUT2D eigenvalue weighted by Crippen LogP contribution is -2.61. The van der Waals surface area contributed by atoms with Crippen LogP contribution in [-0.2, 0) is 9.53 Å². The highest BCUT2D eigenvalue weighted by Gasteiger charge is 2.48. The fourth-order valence-corrected chi connectivity index (χ4v) is 3.73. The van der Waals surface area contributed by atoms with Gasteiger partial charge in [-0.2, -0.15) is 0 Å². The lowest BCUT2D eigenvalue weighted by molar-refractivity contribution is -0.159. The maximum Gasteiger partial charge on any atom is 0.226 e. The Morgan fingerprint density at radius 1 is 1.35 bits per heavy atom. The zero-order valence-corrected chi connectivity index (χ0v) is 10.5. The van der Waals surface area contributed by atoms with E-state index < -0.39 is 0 Å². The van der Waals surface area contributed by atoms with E-state index in [0.717, 1.165) is 39.0 Å². The number of fused-ring (bicyclic) bond motifs is 2. The van der Waals surface area contributed by atoms with E-state index in [4.69, 9.17) is 4.74 Å². The van der Waals surface area contributed by atoms with E-state index in [1.54, 1.807) is 7.11 Å². The van der Waals surface area contributed by atoms with Crippen molar-refractivity contribution in [1.29, 1.82) is 0 Å². The van der Waals surface area contributed by atoms with Crippen molar-refractivity contribution in [3.05, 3.63) is 0 Å². The van der Waals surface area contributed by atoms with Crippen molar-refractivity contribution < 1.29 is 9.53 Å². The van der Waals surface area contributed by atoms with Crippen molar-refractivity contribution in [2.24, 2.45) is 17.8 Å². The summed E-state index contributed by atoms with van der Waals surface area (Å²) in [5.41, 5.74) is 0. The second-order valence-electron chi connectivity index (χ2n) is 5.74. The van der Waals surface area contributed by atoms with Gasteiger partial charge in [-0.15, -0.1) is 0 Å². The number of hydrogen-bond donors (Lipinski definition) is 1. The van der Waals surface area contributed by atoms with Gasteiger partial charge in [0.2, 0.25) is 5.91 Å². The molecule has 17 heavy (non-hydrogen) atoms. The average Bonchev–Trinajstić information content (AvgIpc) is 2.39. The van der Waals surface area contributed by atoms with Gasteiger partial charge in [-0.3, -0.25) is 4.79 Å². The molecule has 1 N–H and O–H groups in total. The maximum atomic E-state index is 12.4. The lowest BCUT2D eigenvalue weighted by Gasteiger charge is -2.53. The second kappa shape index (κ2) is 4.58. The lowest BCUT2D eigenvalue weighted by atomic mass is 9.68. The van der Waals surface area contributed by atoms with Crippen LogP contribution < -0.4 is 5.32 Å². The van der Waals surface area contributed by atoms with Crippen LogP contribution in [-0.4, -0.2) is 50.2 Å². The number of nitrogens with one attached hydrogen (secondary N) is 1. The predicted molar refractivity (Wildman–Crippen MR) is 64.6 cm³/mol. The van der Waals surface area contributed by atoms with Gasteiger partial charge in [0.25, 0.3) is 0 Å². The zero-order chi connectivity index (χ0) is 11.8. The van der Waals surface area contributed by atoms with Crippen molar-refractivity contribution in [2.45, 2.75) is 25.4 Å². The van der Waals surface area contributed by atoms with E-state index in [1.165, 1.54) is 6.42 Å². The Bertz CT molecular complexity index is 290. The molecule has 96 valence electrons. The van der Waals surface area contributed by atoms with Crippen molar-refractivity contribution >= 4 is 5.91 Å². The molecule has 4 nitrogen and oxygen atoms in total. The summed E-state index contributed by atoms with van der Waals surface area (Å²) in [5, 5.41) is 3.33. The molecule has 0 aromatic rings. The summed E-state index contributed by atoms with van der Waals surface area (Å²) < 4.78 is 5.48. The summed E-state index contributed by atoms with van der Waals surface area (Å²) in [6.07, 6.45) is 3.87. The first kappa shape index (κ1) is 11.5. The van der Waals surface area contributed by atoms with Crippen LogP contribution in [0.25, 0.3) is 0 Å². The van der Waals surface area contributed by atoms with Crippen LogP contribution in [0.1, 0.15) is 19.3 Å². The highest BCUT2D eigenvalue weighted by molar-refractivity contribution is 5.79. The summed E-state index contributed by atoms with van der Waals surface area (Å²) in [6, 6.07) is 0. The van der Waals surface area contributed by atoms with Gasteiger partial charge in [-0.1, -0.05) is 0 Å². The van der Waals surface area contributed by atoms with Gasteiger partial charge in [-0.25, -0.2) is 0 Å². The Kier molecular flexibility index (Phi) is 3.09. The van der Waals surface area contributed by atoms with Crippen LogP contribution in [0.15, 0.2) is 0 Å². The number of methoxy groups -OCH3 is 1. The van der Waals surface area contributed by atoms with E-state index in [1.807, 2.05) is 0 Å². The van der Waals surface area contributed by atoms with Gasteiger partial charge < -0.3 is 15.0 Å². The van der Waals surface area contributed by atoms with E-state index in [-0.39, 0.29) is 5.92 Å². The number of hydrogen-bond acceptors (Lipinski definition) is 3. The fourth-order valence-electron chi connectivity index (χ4n) is 3.73. The van der Waals surface area contributed by atoms with Crippen molar-refractivity contribution in [3.63, 3.8) is 0 Å². The highest BCUT2D eigenvalue weighted by Crippen LogP contribution is 2.42. The van der Waals surface area contributed by atoms with Gasteiger partial charge in [0, 0.05) is 38.6 Å². The molecule has 3 atom stereocenters. The largest absolute Gasteiger partial charge is 0.381 e. The van der Waals surface area contributed by atoms with Crippen LogP contribution in [0, 0.1) is 17.8 Å². The molecule has 0 spiro atoms. The first-order chi connectivity index (χ1) is 8.29. The number of ether oxygens (including phenoxy) is 1. The van der Waals surface area contributed by atoms with E-state index in [9.17, 15) is 4.79 Å². The number of amides is 1. The summed E-state index contributed by atoms with van der Waals surface area (Å²) in [7, 11) is 1.80. The van der Waals surface area contributed by atoms with Crippen molar-refractivity contribution in [1.82, 2.24) is 10.2 Å². The molecule has 0 aromatic heterocycles. The van der Waals surface area contributed by atoms with Crippen LogP contribution >= 0.6 is 0 Å². The molecule has 1 amide bonds. The quantitative estimate of drug-likeness (QED) is 0.761. The third-order valence-electron chi connectivity index (χ3n) is 4.67. The molecule has 3 aliphatic heterocycles. The number of nitrogens with zero attached hydrogens (tertiary/aromatic N) is 1. The Morgan fingerprint density at radius 3 is 2.71 bits per heavy atom. The summed E-state index contributed by atoms with van der Waals surface area (Å²) >= 11 is 0. The predicted octanol–water partition coefficient (Wildman–Crippen LogP) is 0.479. The Morgan fingerprint density at radius 2 is 2.12 bits per heavy atom. The molecular formula is C13H22N2O2. The van der Waals surface area contributed by atoms with Crippen LogP contribution in [0.4, 0.5) is 0 Å². The first-order valence-electron chi connectivity index (χ1n) is 6.82. The number of piperidine rings is 3. The van der Waals surface area contributed by atoms with E-state index in [2.05, 4.69) is 10.2 Å². The van der Waals surface area contributed by atoms with Gasteiger partial charge in [0.1, 0.15) is 0 Å². The Hall–Kier alpha value is -0.610. The molecule has 1 aliphatic carbocycles. The van der Waals surface area contributed by atoms with Crippen LogP contribution in [0.5, 0.6) is 0 Å². The SMILES string of the molecule is COC1[C@H]2C[C@H]1CN(C(=O)[C@@H]1CCCNC1)C2. The fraction of sp³-hybridized carbons (Fsp3) is 0.923. The highest BCUT2D eigenvalue weighted by atomic mass is 16.5. The number of rotatable bonds is 2. The monoisotopic (exact) mass is 238 g/mol. The van der Waals surface area contributed by atoms with E-state index >= 15 is 0 Å². The van der Waals surface area contributed by atoms with E-state index in [0.29, 0.717) is 23.8 Å². The standard InChI is InChI=1S/C13H22N2O2/c1-17-12-10-5-11(12)8-15(7-10)13(16)9-3-2-4-14-6-9/h9-12,14H,2-8H2,1H3/t9-,10+,11+/m1/s1. The molecule has 3 heterocycles. The first-order valence-corrected chi connectivity index (χ1v) is 6.82. The van der Waals surface area contributed by atoms with Crippen LogP contribution in [0.3, 0.4) is 0 Å². The topological polar surface area (TPSA) is 41.6 Å². The third-order valence-corrected chi connectivity index (χ3v) is 4.67. The van der Waals surface area contributed by atoms with Gasteiger partial charge in [0.15, 0.2) is 0 Å². The number of carbonyl (C=O) groups excluding carboxylic acids is 1. The summed E-state index contributed by atoms with van der Waals surface area (Å²) in [5.74, 6) is 1.79. The molecule has 0 radical (unpaired) electrons. The molecule has 0 aromatic carbocycles. The molecule has 2 bridgehead atoms. The number of carbonyl (C=O) groups is 1. The van der Waals surface area contributed by atoms with Gasteiger partial charge in [0.05, 0.1) is 12.0 Å². The minimum absolute atomic E-state index is 0.224. The normalized spacial score (nSPS) is 40.9. The molecular weight excluding hydrogens is 216 g/mol. The van der Waals surface area contributed by atoms with Crippen molar-refractivity contribution in [3.8, 4) is 0 Å². The second-order valence-corrected chi connectivity index (χ2v) is 5.74. The Labute approximate surface area is 103 Å². The minimum atomic E-state index is 0.224. The molecule has 4 fully saturated rings. The molecule has 4 aliphatic rings. The average molecular weight is 238 g/mol. The third kappa shape index (κ3) is 1.97. The summed E-state index contributed by atoms with van der Waals surface area (Å²) in [6.45, 7) is 3.79. The Balaban J connectivity index is 1.57. The van der Waals surface area contributed by atoms with Crippen LogP contribution in [0.2, 0.25) is 0 Å². The molecule has 1 saturated carbocycles. The molecule has 4 rings (SSSR count). The smallest absolute Gasteiger partial charge is 0.226 e. The van der Waals surface area contributed by atoms with Gasteiger partial charge in [-0.05, 0) is 25.8 Å². The van der Waals surface area contributed by atoms with Crippen molar-refractivity contribution in [2.75, 3.05) is 33.3 Å². The zero-order valence-electron chi connectivity index (χ0n) is 10.5. The molecule has 3 saturated heterocycles. The summed E-state index contributed by atoms with van der Waals surface area (Å²) in [4.78, 5) is 14.4. The minimum Gasteiger partial charge on any atom is -0.381 e. The molecule has 4 heteroatoms. The maximum absolute atomic E-state index is 12.4.